The molecule has 3 aromatic rings. The summed E-state index contributed by atoms with van der Waals surface area (Å²) >= 11 is 0. The van der Waals surface area contributed by atoms with Crippen molar-refractivity contribution in [2.24, 2.45) is 11.5 Å². The number of aryl methyl sites for hydroxylation is 2. The quantitative estimate of drug-likeness (QED) is 0.470. The van der Waals surface area contributed by atoms with Crippen LogP contribution in [0, 0.1) is 13.8 Å². The van der Waals surface area contributed by atoms with Crippen LogP contribution in [0.1, 0.15) is 40.2 Å². The molecule has 2 aromatic heterocycles. The van der Waals surface area contributed by atoms with Crippen LogP contribution in [0.15, 0.2) is 30.5 Å². The number of ether oxygens (including phenoxy) is 1. The molecule has 0 radical (unpaired) electrons. The molecule has 10 heteroatoms. The molecule has 1 aromatic carbocycles. The summed E-state index contributed by atoms with van der Waals surface area (Å²) in [4.78, 5) is 39.4. The highest BCUT2D eigenvalue weighted by molar-refractivity contribution is 5.98. The molecule has 31 heavy (non-hydrogen) atoms. The van der Waals surface area contributed by atoms with E-state index in [0.29, 0.717) is 29.2 Å². The molecule has 0 aliphatic carbocycles. The first-order chi connectivity index (χ1) is 14.8. The van der Waals surface area contributed by atoms with Crippen LogP contribution in [-0.4, -0.2) is 38.9 Å². The smallest absolute Gasteiger partial charge is 0.254 e. The van der Waals surface area contributed by atoms with Crippen molar-refractivity contribution in [2.45, 2.75) is 33.1 Å². The van der Waals surface area contributed by atoms with E-state index in [1.165, 1.54) is 6.20 Å². The van der Waals surface area contributed by atoms with Crippen LogP contribution in [0.4, 0.5) is 5.69 Å². The summed E-state index contributed by atoms with van der Waals surface area (Å²) in [5, 5.41) is 7.02. The largest absolute Gasteiger partial charge is 0.491 e. The Balaban J connectivity index is 1.70. The van der Waals surface area contributed by atoms with Gasteiger partial charge in [-0.3, -0.25) is 14.4 Å². The van der Waals surface area contributed by atoms with E-state index in [-0.39, 0.29) is 30.9 Å². The van der Waals surface area contributed by atoms with Crippen molar-refractivity contribution in [3.63, 3.8) is 0 Å². The van der Waals surface area contributed by atoms with Gasteiger partial charge in [0.1, 0.15) is 11.3 Å². The third-order valence-corrected chi connectivity index (χ3v) is 4.84. The molecule has 0 aliphatic rings. The number of rotatable bonds is 9. The molecule has 162 valence electrons. The first-order valence-electron chi connectivity index (χ1n) is 9.71. The number of anilines is 1. The van der Waals surface area contributed by atoms with Crippen molar-refractivity contribution in [1.82, 2.24) is 14.6 Å². The van der Waals surface area contributed by atoms with Gasteiger partial charge in [-0.25, -0.2) is 9.50 Å². The number of hydrogen-bond donors (Lipinski definition) is 3. The second-order valence-corrected chi connectivity index (χ2v) is 7.03. The topological polar surface area (TPSA) is 155 Å². The summed E-state index contributed by atoms with van der Waals surface area (Å²) in [7, 11) is 0. The summed E-state index contributed by atoms with van der Waals surface area (Å²) in [5.74, 6) is -0.797. The van der Waals surface area contributed by atoms with E-state index in [2.05, 4.69) is 15.4 Å². The van der Waals surface area contributed by atoms with E-state index in [4.69, 9.17) is 16.2 Å². The van der Waals surface area contributed by atoms with Gasteiger partial charge in [0.2, 0.25) is 11.8 Å². The Morgan fingerprint density at radius 3 is 2.58 bits per heavy atom. The van der Waals surface area contributed by atoms with Gasteiger partial charge < -0.3 is 21.5 Å². The van der Waals surface area contributed by atoms with E-state index in [9.17, 15) is 14.4 Å². The lowest BCUT2D eigenvalue weighted by molar-refractivity contribution is -0.118. The fourth-order valence-electron chi connectivity index (χ4n) is 3.26. The molecule has 3 rings (SSSR count). The first-order valence-corrected chi connectivity index (χ1v) is 9.71. The summed E-state index contributed by atoms with van der Waals surface area (Å²) in [5.41, 5.74) is 14.0. The van der Waals surface area contributed by atoms with E-state index in [0.717, 1.165) is 11.3 Å². The highest BCUT2D eigenvalue weighted by Crippen LogP contribution is 2.24. The highest BCUT2D eigenvalue weighted by Gasteiger charge is 2.17. The van der Waals surface area contributed by atoms with Crippen molar-refractivity contribution in [2.75, 3.05) is 11.9 Å². The number of nitrogens with one attached hydrogen (secondary N) is 1. The van der Waals surface area contributed by atoms with Gasteiger partial charge in [0.05, 0.1) is 24.9 Å². The molecule has 5 N–H and O–H groups in total. The maximum Gasteiger partial charge on any atom is 0.254 e. The average Bonchev–Trinajstić information content (AvgIpc) is 3.13. The first kappa shape index (κ1) is 21.8. The van der Waals surface area contributed by atoms with Crippen LogP contribution in [0.2, 0.25) is 0 Å². The lowest BCUT2D eigenvalue weighted by atomic mass is 10.1. The minimum atomic E-state index is -0.592. The van der Waals surface area contributed by atoms with Gasteiger partial charge in [-0.15, -0.1) is 0 Å². The molecule has 0 spiro atoms. The zero-order valence-corrected chi connectivity index (χ0v) is 17.3. The maximum absolute atomic E-state index is 12.6. The number of primary amides is 2. The number of hydrogen-bond acceptors (Lipinski definition) is 6. The second kappa shape index (κ2) is 9.24. The highest BCUT2D eigenvalue weighted by atomic mass is 16.5. The zero-order chi connectivity index (χ0) is 22.5. The van der Waals surface area contributed by atoms with Crippen molar-refractivity contribution in [3.8, 4) is 5.75 Å². The Morgan fingerprint density at radius 2 is 1.87 bits per heavy atom. The summed E-state index contributed by atoms with van der Waals surface area (Å²) < 4.78 is 7.10. The molecular weight excluding hydrogens is 400 g/mol. The second-order valence-electron chi connectivity index (χ2n) is 7.03. The number of amides is 3. The number of aromatic nitrogens is 3. The Labute approximate surface area is 178 Å². The molecular formula is C21H24N6O4. The third-order valence-electron chi connectivity index (χ3n) is 4.84. The van der Waals surface area contributed by atoms with Crippen LogP contribution in [0.25, 0.3) is 5.65 Å². The summed E-state index contributed by atoms with van der Waals surface area (Å²) in [6, 6.07) is 6.97. The summed E-state index contributed by atoms with van der Waals surface area (Å²) in [6.07, 6.45) is 2.11. The number of nitrogens with zero attached hydrogens (tertiary/aromatic N) is 3. The molecule has 2 heterocycles. The lowest BCUT2D eigenvalue weighted by Crippen LogP contribution is -2.17. The Bertz CT molecular complexity index is 1150. The van der Waals surface area contributed by atoms with Crippen LogP contribution < -0.4 is 21.5 Å². The van der Waals surface area contributed by atoms with Crippen molar-refractivity contribution in [1.29, 1.82) is 0 Å². The predicted octanol–water partition coefficient (Wildman–Crippen LogP) is 1.27. The number of benzene rings is 1. The van der Waals surface area contributed by atoms with Gasteiger partial charge >= 0.3 is 0 Å². The monoisotopic (exact) mass is 424 g/mol. The SMILES string of the molecule is Cc1nc2c(C(N)=O)cnn2c(C)c1CCC(=O)Nc1ccccc1OCCC(N)=O. The molecule has 0 fully saturated rings. The van der Waals surface area contributed by atoms with Gasteiger partial charge in [0, 0.05) is 17.8 Å². The molecule has 0 atom stereocenters. The number of carbonyl (C=O) groups excluding carboxylic acids is 3. The molecule has 0 saturated carbocycles. The minimum Gasteiger partial charge on any atom is -0.491 e. The third kappa shape index (κ3) is 4.97. The van der Waals surface area contributed by atoms with E-state index in [1.54, 1.807) is 28.8 Å². The maximum atomic E-state index is 12.6. The van der Waals surface area contributed by atoms with Gasteiger partial charge in [-0.1, -0.05) is 12.1 Å². The number of carbonyl (C=O) groups is 3. The van der Waals surface area contributed by atoms with E-state index >= 15 is 0 Å². The van der Waals surface area contributed by atoms with Crippen molar-refractivity contribution < 1.29 is 19.1 Å². The van der Waals surface area contributed by atoms with Gasteiger partial charge in [-0.05, 0) is 38.0 Å². The zero-order valence-electron chi connectivity index (χ0n) is 17.3. The number of fused-ring (bicyclic) bond motifs is 1. The molecule has 0 bridgehead atoms. The minimum absolute atomic E-state index is 0.0845. The number of nitrogens with two attached hydrogens (primary N) is 2. The van der Waals surface area contributed by atoms with Gasteiger partial charge in [0.15, 0.2) is 5.65 Å². The fourth-order valence-corrected chi connectivity index (χ4v) is 3.26. The van der Waals surface area contributed by atoms with Crippen LogP contribution in [0.3, 0.4) is 0 Å². The molecule has 10 nitrogen and oxygen atoms in total. The molecule has 3 amide bonds. The predicted molar refractivity (Wildman–Crippen MR) is 114 cm³/mol. The Kier molecular flexibility index (Phi) is 6.49. The van der Waals surface area contributed by atoms with Gasteiger partial charge in [-0.2, -0.15) is 5.10 Å². The van der Waals surface area contributed by atoms with Crippen molar-refractivity contribution >= 4 is 29.1 Å². The summed E-state index contributed by atoms with van der Waals surface area (Å²) in [6.45, 7) is 3.80. The average molecular weight is 424 g/mol. The number of para-hydroxylation sites is 2. The Hall–Kier alpha value is -3.95. The molecule has 0 unspecified atom stereocenters. The van der Waals surface area contributed by atoms with Gasteiger partial charge in [0.25, 0.3) is 5.91 Å². The van der Waals surface area contributed by atoms with Crippen LogP contribution in [0.5, 0.6) is 5.75 Å². The lowest BCUT2D eigenvalue weighted by Gasteiger charge is -2.13. The van der Waals surface area contributed by atoms with Crippen LogP contribution in [-0.2, 0) is 16.0 Å². The standard InChI is InChI=1S/C21H24N6O4/c1-12-14(13(2)27-21(25-12)15(11-24-27)20(23)30)7-8-19(29)26-16-5-3-4-6-17(16)31-10-9-18(22)28/h3-6,11H,7-10H2,1-2H3,(H2,22,28)(H2,23,30)(H,26,29). The molecule has 0 saturated heterocycles. The Morgan fingerprint density at radius 1 is 1.13 bits per heavy atom. The fraction of sp³-hybridized carbons (Fsp3) is 0.286. The van der Waals surface area contributed by atoms with E-state index < -0.39 is 11.8 Å². The normalized spacial score (nSPS) is 10.8. The van der Waals surface area contributed by atoms with Crippen molar-refractivity contribution in [3.05, 3.63) is 53.0 Å². The molecule has 0 aliphatic heterocycles. The van der Waals surface area contributed by atoms with Crippen LogP contribution >= 0.6 is 0 Å². The van der Waals surface area contributed by atoms with E-state index in [1.807, 2.05) is 13.8 Å².